The number of hydrogen-bond donors (Lipinski definition) is 2. The topological polar surface area (TPSA) is 48.9 Å². The number of guanidine groups is 1. The Morgan fingerprint density at radius 2 is 2.14 bits per heavy atom. The maximum absolute atomic E-state index is 5.86. The molecule has 1 aliphatic rings. The summed E-state index contributed by atoms with van der Waals surface area (Å²) in [5.41, 5.74) is 0. The average molecular weight is 331 g/mol. The Kier molecular flexibility index (Phi) is 8.57. The lowest BCUT2D eigenvalue weighted by molar-refractivity contribution is -0.0284. The molecule has 0 amide bonds. The fourth-order valence-corrected chi connectivity index (χ4v) is 2.60. The fraction of sp³-hybridized carbons (Fsp3) is 0.938. The van der Waals surface area contributed by atoms with Gasteiger partial charge in [-0.3, -0.25) is 9.89 Å². The molecule has 6 heteroatoms. The molecule has 1 unspecified atom stereocenters. The molecule has 1 atom stereocenters. The quantitative estimate of drug-likeness (QED) is 0.549. The van der Waals surface area contributed by atoms with Crippen LogP contribution in [0.3, 0.4) is 0 Å². The highest BCUT2D eigenvalue weighted by atomic mass is 32.2. The van der Waals surface area contributed by atoms with Crippen LogP contribution in [0.5, 0.6) is 0 Å². The minimum atomic E-state index is 0.201. The van der Waals surface area contributed by atoms with E-state index in [-0.39, 0.29) is 10.9 Å². The van der Waals surface area contributed by atoms with Crippen LogP contribution in [0.1, 0.15) is 27.7 Å². The largest absolute Gasteiger partial charge is 0.374 e. The molecule has 2 N–H and O–H groups in total. The molecule has 22 heavy (non-hydrogen) atoms. The van der Waals surface area contributed by atoms with Gasteiger partial charge in [-0.05, 0) is 26.0 Å². The Morgan fingerprint density at radius 3 is 2.73 bits per heavy atom. The van der Waals surface area contributed by atoms with Gasteiger partial charge in [0.15, 0.2) is 5.96 Å². The van der Waals surface area contributed by atoms with Crippen LogP contribution >= 0.6 is 11.8 Å². The summed E-state index contributed by atoms with van der Waals surface area (Å²) in [6.07, 6.45) is 2.37. The van der Waals surface area contributed by atoms with Crippen LogP contribution in [0.2, 0.25) is 0 Å². The Hall–Kier alpha value is -0.460. The molecule has 0 spiro atoms. The van der Waals surface area contributed by atoms with Gasteiger partial charge in [-0.25, -0.2) is 0 Å². The first-order chi connectivity index (χ1) is 10.4. The average Bonchev–Trinajstić information content (AvgIpc) is 2.47. The van der Waals surface area contributed by atoms with Gasteiger partial charge in [0.1, 0.15) is 0 Å². The summed E-state index contributed by atoms with van der Waals surface area (Å²) < 4.78 is 6.06. The van der Waals surface area contributed by atoms with Crippen LogP contribution in [-0.2, 0) is 4.74 Å². The predicted octanol–water partition coefficient (Wildman–Crippen LogP) is 1.65. The van der Waals surface area contributed by atoms with Crippen molar-refractivity contribution < 1.29 is 4.74 Å². The van der Waals surface area contributed by atoms with Gasteiger partial charge in [0.2, 0.25) is 0 Å². The lowest BCUT2D eigenvalue weighted by atomic mass is 10.2. The molecule has 0 radical (unpaired) electrons. The number of nitrogens with one attached hydrogen (secondary N) is 2. The first-order valence-electron chi connectivity index (χ1n) is 8.20. The lowest BCUT2D eigenvalue weighted by Gasteiger charge is -2.34. The maximum atomic E-state index is 5.86. The maximum Gasteiger partial charge on any atom is 0.191 e. The molecule has 5 nitrogen and oxygen atoms in total. The highest BCUT2D eigenvalue weighted by Crippen LogP contribution is 2.19. The summed E-state index contributed by atoms with van der Waals surface area (Å²) in [7, 11) is 1.81. The summed E-state index contributed by atoms with van der Waals surface area (Å²) in [5.74, 6) is 1.56. The minimum Gasteiger partial charge on any atom is -0.374 e. The van der Waals surface area contributed by atoms with Gasteiger partial charge < -0.3 is 15.4 Å². The van der Waals surface area contributed by atoms with Gasteiger partial charge in [0.05, 0.1) is 12.7 Å². The number of rotatable bonds is 7. The molecule has 1 fully saturated rings. The van der Waals surface area contributed by atoms with Gasteiger partial charge in [-0.15, -0.1) is 0 Å². The molecule has 0 aliphatic carbocycles. The van der Waals surface area contributed by atoms with E-state index >= 15 is 0 Å². The van der Waals surface area contributed by atoms with Gasteiger partial charge >= 0.3 is 0 Å². The molecule has 1 saturated heterocycles. The first kappa shape index (κ1) is 19.6. The summed E-state index contributed by atoms with van der Waals surface area (Å²) in [5, 5.41) is 6.78. The number of morpholine rings is 1. The number of aliphatic imine (C=N–C) groups is 1. The Labute approximate surface area is 140 Å². The van der Waals surface area contributed by atoms with Crippen molar-refractivity contribution in [2.24, 2.45) is 10.9 Å². The van der Waals surface area contributed by atoms with Gasteiger partial charge in [-0.2, -0.15) is 11.8 Å². The Balaban J connectivity index is 2.33. The highest BCUT2D eigenvalue weighted by molar-refractivity contribution is 7.99. The van der Waals surface area contributed by atoms with Gasteiger partial charge in [0.25, 0.3) is 0 Å². The van der Waals surface area contributed by atoms with Crippen molar-refractivity contribution in [1.29, 1.82) is 0 Å². The molecule has 0 bridgehead atoms. The number of thioether (sulfide) groups is 1. The third-order valence-electron chi connectivity index (χ3n) is 3.80. The van der Waals surface area contributed by atoms with Crippen molar-refractivity contribution in [3.63, 3.8) is 0 Å². The van der Waals surface area contributed by atoms with Crippen LogP contribution in [0.4, 0.5) is 0 Å². The van der Waals surface area contributed by atoms with E-state index in [1.165, 1.54) is 0 Å². The van der Waals surface area contributed by atoms with Crippen molar-refractivity contribution in [2.45, 2.75) is 38.5 Å². The third kappa shape index (κ3) is 7.70. The summed E-state index contributed by atoms with van der Waals surface area (Å²) in [6.45, 7) is 14.7. The van der Waals surface area contributed by atoms with E-state index in [4.69, 9.17) is 4.74 Å². The zero-order chi connectivity index (χ0) is 16.6. The van der Waals surface area contributed by atoms with E-state index in [1.807, 2.05) is 18.8 Å². The van der Waals surface area contributed by atoms with Crippen LogP contribution in [0.25, 0.3) is 0 Å². The van der Waals surface area contributed by atoms with Crippen LogP contribution in [-0.4, -0.2) is 74.3 Å². The fourth-order valence-electron chi connectivity index (χ4n) is 2.39. The van der Waals surface area contributed by atoms with E-state index < -0.39 is 0 Å². The van der Waals surface area contributed by atoms with Crippen LogP contribution in [0, 0.1) is 5.92 Å². The van der Waals surface area contributed by atoms with Crippen molar-refractivity contribution >= 4 is 17.7 Å². The van der Waals surface area contributed by atoms with E-state index in [0.717, 1.165) is 45.3 Å². The molecule has 0 aromatic heterocycles. The molecule has 0 aromatic rings. The van der Waals surface area contributed by atoms with Crippen molar-refractivity contribution in [1.82, 2.24) is 15.5 Å². The van der Waals surface area contributed by atoms with E-state index in [0.29, 0.717) is 5.92 Å². The molecular formula is C16H34N4OS. The second kappa shape index (κ2) is 9.63. The zero-order valence-corrected chi connectivity index (χ0v) is 15.9. The number of hydrogen-bond acceptors (Lipinski definition) is 4. The summed E-state index contributed by atoms with van der Waals surface area (Å²) >= 11 is 1.86. The lowest BCUT2D eigenvalue weighted by Crippen LogP contribution is -2.51. The number of nitrogens with zero attached hydrogens (tertiary/aromatic N) is 2. The van der Waals surface area contributed by atoms with Crippen molar-refractivity contribution in [2.75, 3.05) is 52.6 Å². The first-order valence-corrected chi connectivity index (χ1v) is 9.42. The predicted molar refractivity (Wildman–Crippen MR) is 98.0 cm³/mol. The molecule has 0 saturated carbocycles. The van der Waals surface area contributed by atoms with Gasteiger partial charge in [-0.1, -0.05) is 13.8 Å². The number of ether oxygens (including phenoxy) is 1. The van der Waals surface area contributed by atoms with Gasteiger partial charge in [0, 0.05) is 44.5 Å². The van der Waals surface area contributed by atoms with Crippen molar-refractivity contribution in [3.05, 3.63) is 0 Å². The second-order valence-electron chi connectivity index (χ2n) is 6.92. The molecular weight excluding hydrogens is 296 g/mol. The van der Waals surface area contributed by atoms with Crippen LogP contribution in [0.15, 0.2) is 4.99 Å². The highest BCUT2D eigenvalue weighted by Gasteiger charge is 2.21. The minimum absolute atomic E-state index is 0.201. The Bertz CT molecular complexity index is 347. The molecule has 1 heterocycles. The second-order valence-corrected chi connectivity index (χ2v) is 8.43. The van der Waals surface area contributed by atoms with Crippen LogP contribution < -0.4 is 10.6 Å². The summed E-state index contributed by atoms with van der Waals surface area (Å²) in [6, 6.07) is 0. The third-order valence-corrected chi connectivity index (χ3v) is 5.05. The van der Waals surface area contributed by atoms with E-state index in [2.05, 4.69) is 54.5 Å². The van der Waals surface area contributed by atoms with E-state index in [9.17, 15) is 0 Å². The normalized spacial score (nSPS) is 21.2. The smallest absolute Gasteiger partial charge is 0.191 e. The zero-order valence-electron chi connectivity index (χ0n) is 15.1. The monoisotopic (exact) mass is 330 g/mol. The Morgan fingerprint density at radius 1 is 1.41 bits per heavy atom. The molecule has 0 aromatic carbocycles. The standard InChI is InChI=1S/C16H34N4OS/c1-13(2)10-20-7-8-21-14(11-20)9-18-15(17-5)19-12-16(3,4)22-6/h13-14H,7-12H2,1-6H3,(H2,17,18,19). The SMILES string of the molecule is CN=C(NCC1CN(CC(C)C)CCO1)NCC(C)(C)SC. The van der Waals surface area contributed by atoms with Crippen molar-refractivity contribution in [3.8, 4) is 0 Å². The molecule has 130 valence electrons. The van der Waals surface area contributed by atoms with E-state index in [1.54, 1.807) is 0 Å². The molecule has 1 aliphatic heterocycles. The summed E-state index contributed by atoms with van der Waals surface area (Å²) in [4.78, 5) is 6.79. The molecule has 1 rings (SSSR count).